The number of nitrogens with one attached hydrogen (secondary N) is 1. The monoisotopic (exact) mass is 261 g/mol. The molecule has 3 aliphatic rings. The number of likely N-dealkylation sites (N-methyl/N-ethyl adjacent to an activating group) is 1. The first-order chi connectivity index (χ1) is 9.25. The van der Waals surface area contributed by atoms with E-state index in [1.807, 2.05) is 0 Å². The lowest BCUT2D eigenvalue weighted by atomic mass is 9.93. The molecule has 106 valence electrons. The Balaban J connectivity index is 1.63. The van der Waals surface area contributed by atoms with Gasteiger partial charge in [-0.05, 0) is 62.8 Å². The lowest BCUT2D eigenvalue weighted by Gasteiger charge is -2.34. The predicted octanol–water partition coefficient (Wildman–Crippen LogP) is 2.39. The van der Waals surface area contributed by atoms with Gasteiger partial charge in [-0.1, -0.05) is 6.92 Å². The molecule has 0 aromatic carbocycles. The molecule has 3 nitrogen and oxygen atoms in total. The van der Waals surface area contributed by atoms with Gasteiger partial charge in [-0.3, -0.25) is 10.2 Å². The van der Waals surface area contributed by atoms with Crippen molar-refractivity contribution in [1.29, 1.82) is 5.26 Å². The molecule has 3 saturated carbocycles. The molecule has 3 aliphatic carbocycles. The summed E-state index contributed by atoms with van der Waals surface area (Å²) in [6.45, 7) is 6.45. The summed E-state index contributed by atoms with van der Waals surface area (Å²) in [5, 5.41) is 13.3. The molecule has 0 saturated heterocycles. The Kier molecular flexibility index (Phi) is 3.82. The largest absolute Gasteiger partial charge is 0.300 e. The number of rotatable bonds is 9. The van der Waals surface area contributed by atoms with Crippen LogP contribution in [0.15, 0.2) is 0 Å². The van der Waals surface area contributed by atoms with E-state index in [2.05, 4.69) is 23.2 Å². The van der Waals surface area contributed by atoms with Crippen molar-refractivity contribution in [3.8, 4) is 6.07 Å². The standard InChI is InChI=1S/C16H27N3/c1-2-18-16(11-17,15-7-8-15)12-19(9-13-3-4-13)10-14-5-6-14/h13-15,18H,2-10,12H2,1H3. The van der Waals surface area contributed by atoms with Crippen LogP contribution in [0.5, 0.6) is 0 Å². The molecule has 0 bridgehead atoms. The summed E-state index contributed by atoms with van der Waals surface area (Å²) in [5.74, 6) is 2.45. The summed E-state index contributed by atoms with van der Waals surface area (Å²) in [7, 11) is 0. The molecule has 0 heterocycles. The van der Waals surface area contributed by atoms with Gasteiger partial charge in [0.15, 0.2) is 0 Å². The Bertz CT molecular complexity index is 335. The second-order valence-corrected chi connectivity index (χ2v) is 6.97. The average molecular weight is 261 g/mol. The second kappa shape index (κ2) is 5.42. The molecule has 0 radical (unpaired) electrons. The summed E-state index contributed by atoms with van der Waals surface area (Å²) in [4.78, 5) is 2.61. The van der Waals surface area contributed by atoms with E-state index < -0.39 is 0 Å². The van der Waals surface area contributed by atoms with Gasteiger partial charge in [0, 0.05) is 19.6 Å². The van der Waals surface area contributed by atoms with Crippen LogP contribution in [-0.4, -0.2) is 36.6 Å². The van der Waals surface area contributed by atoms with E-state index >= 15 is 0 Å². The van der Waals surface area contributed by atoms with Crippen molar-refractivity contribution in [2.45, 2.75) is 51.0 Å². The molecule has 0 aromatic heterocycles. The predicted molar refractivity (Wildman–Crippen MR) is 76.6 cm³/mol. The quantitative estimate of drug-likeness (QED) is 0.692. The topological polar surface area (TPSA) is 39.1 Å². The van der Waals surface area contributed by atoms with Gasteiger partial charge < -0.3 is 0 Å². The fourth-order valence-corrected chi connectivity index (χ4v) is 3.27. The van der Waals surface area contributed by atoms with Crippen molar-refractivity contribution in [3.05, 3.63) is 0 Å². The highest BCUT2D eigenvalue weighted by Gasteiger charge is 2.47. The zero-order valence-electron chi connectivity index (χ0n) is 12.2. The third-order valence-corrected chi connectivity index (χ3v) is 4.87. The van der Waals surface area contributed by atoms with Gasteiger partial charge in [-0.25, -0.2) is 0 Å². The zero-order chi connectivity index (χ0) is 13.3. The molecule has 3 heteroatoms. The molecule has 1 N–H and O–H groups in total. The van der Waals surface area contributed by atoms with E-state index in [0.717, 1.165) is 24.9 Å². The first kappa shape index (κ1) is 13.4. The summed E-state index contributed by atoms with van der Waals surface area (Å²) in [6, 6.07) is 2.64. The molecule has 1 unspecified atom stereocenters. The highest BCUT2D eigenvalue weighted by molar-refractivity contribution is 5.16. The molecule has 0 aliphatic heterocycles. The van der Waals surface area contributed by atoms with Gasteiger partial charge in [0.05, 0.1) is 6.07 Å². The van der Waals surface area contributed by atoms with Crippen molar-refractivity contribution in [3.63, 3.8) is 0 Å². The van der Waals surface area contributed by atoms with Gasteiger partial charge in [0.2, 0.25) is 0 Å². The lowest BCUT2D eigenvalue weighted by molar-refractivity contribution is 0.184. The van der Waals surface area contributed by atoms with Crippen LogP contribution in [0.1, 0.15) is 45.4 Å². The second-order valence-electron chi connectivity index (χ2n) is 6.97. The molecular weight excluding hydrogens is 234 g/mol. The van der Waals surface area contributed by atoms with E-state index in [-0.39, 0.29) is 5.54 Å². The third kappa shape index (κ3) is 3.49. The van der Waals surface area contributed by atoms with Gasteiger partial charge in [0.1, 0.15) is 5.54 Å². The van der Waals surface area contributed by atoms with Crippen molar-refractivity contribution >= 4 is 0 Å². The first-order valence-electron chi connectivity index (χ1n) is 8.14. The van der Waals surface area contributed by atoms with Crippen LogP contribution < -0.4 is 5.32 Å². The van der Waals surface area contributed by atoms with Crippen molar-refractivity contribution < 1.29 is 0 Å². The van der Waals surface area contributed by atoms with E-state index in [1.54, 1.807) is 0 Å². The minimum Gasteiger partial charge on any atom is -0.300 e. The molecule has 3 rings (SSSR count). The first-order valence-corrected chi connectivity index (χ1v) is 8.14. The van der Waals surface area contributed by atoms with Gasteiger partial charge in [0.25, 0.3) is 0 Å². The Labute approximate surface area is 117 Å². The van der Waals surface area contributed by atoms with Crippen LogP contribution in [0.2, 0.25) is 0 Å². The van der Waals surface area contributed by atoms with Crippen LogP contribution in [0.25, 0.3) is 0 Å². The maximum absolute atomic E-state index is 9.73. The van der Waals surface area contributed by atoms with Gasteiger partial charge in [-0.2, -0.15) is 5.26 Å². The van der Waals surface area contributed by atoms with E-state index in [0.29, 0.717) is 5.92 Å². The van der Waals surface area contributed by atoms with Gasteiger partial charge in [-0.15, -0.1) is 0 Å². The molecule has 19 heavy (non-hydrogen) atoms. The third-order valence-electron chi connectivity index (χ3n) is 4.87. The van der Waals surface area contributed by atoms with Crippen molar-refractivity contribution in [1.82, 2.24) is 10.2 Å². The zero-order valence-corrected chi connectivity index (χ0v) is 12.2. The number of nitriles is 1. The molecule has 3 fully saturated rings. The van der Waals surface area contributed by atoms with Crippen LogP contribution in [-0.2, 0) is 0 Å². The van der Waals surface area contributed by atoms with Crippen LogP contribution in [0.3, 0.4) is 0 Å². The van der Waals surface area contributed by atoms with E-state index in [4.69, 9.17) is 0 Å². The summed E-state index contributed by atoms with van der Waals surface area (Å²) < 4.78 is 0. The Morgan fingerprint density at radius 1 is 1.11 bits per heavy atom. The Morgan fingerprint density at radius 2 is 1.68 bits per heavy atom. The van der Waals surface area contributed by atoms with Crippen molar-refractivity contribution in [2.24, 2.45) is 17.8 Å². The minimum atomic E-state index is -0.265. The number of hydrogen-bond donors (Lipinski definition) is 1. The summed E-state index contributed by atoms with van der Waals surface area (Å²) >= 11 is 0. The SMILES string of the molecule is CCNC(C#N)(CN(CC1CC1)CC1CC1)C1CC1. The van der Waals surface area contributed by atoms with Crippen LogP contribution >= 0.6 is 0 Å². The highest BCUT2D eigenvalue weighted by atomic mass is 15.2. The molecule has 0 amide bonds. The lowest BCUT2D eigenvalue weighted by Crippen LogP contribution is -2.55. The fourth-order valence-electron chi connectivity index (χ4n) is 3.27. The van der Waals surface area contributed by atoms with Crippen LogP contribution in [0, 0.1) is 29.1 Å². The van der Waals surface area contributed by atoms with E-state index in [1.165, 1.54) is 51.6 Å². The average Bonchev–Trinajstić information content (AvgIpc) is 3.26. The Morgan fingerprint density at radius 3 is 2.05 bits per heavy atom. The van der Waals surface area contributed by atoms with Gasteiger partial charge >= 0.3 is 0 Å². The molecule has 0 aromatic rings. The normalized spacial score (nSPS) is 26.2. The molecule has 1 atom stereocenters. The Hall–Kier alpha value is -0.590. The maximum Gasteiger partial charge on any atom is 0.122 e. The number of nitrogens with zero attached hydrogens (tertiary/aromatic N) is 2. The molecule has 0 spiro atoms. The number of hydrogen-bond acceptors (Lipinski definition) is 3. The highest BCUT2D eigenvalue weighted by Crippen LogP contribution is 2.41. The molecular formula is C16H27N3. The summed E-state index contributed by atoms with van der Waals surface area (Å²) in [6.07, 6.45) is 8.11. The van der Waals surface area contributed by atoms with E-state index in [9.17, 15) is 5.26 Å². The summed E-state index contributed by atoms with van der Waals surface area (Å²) in [5.41, 5.74) is -0.265. The maximum atomic E-state index is 9.73. The fraction of sp³-hybridized carbons (Fsp3) is 0.938. The minimum absolute atomic E-state index is 0.265. The van der Waals surface area contributed by atoms with Crippen molar-refractivity contribution in [2.75, 3.05) is 26.2 Å². The van der Waals surface area contributed by atoms with Crippen LogP contribution in [0.4, 0.5) is 0 Å². The smallest absolute Gasteiger partial charge is 0.122 e.